The van der Waals surface area contributed by atoms with Gasteiger partial charge in [-0.2, -0.15) is 0 Å². The zero-order valence-electron chi connectivity index (χ0n) is 20.7. The van der Waals surface area contributed by atoms with Crippen LogP contribution in [0.4, 0.5) is 0 Å². The van der Waals surface area contributed by atoms with Crippen LogP contribution in [0.1, 0.15) is 56.0 Å². The third kappa shape index (κ3) is 15.7. The van der Waals surface area contributed by atoms with Crippen LogP contribution >= 0.6 is 21.6 Å². The highest BCUT2D eigenvalue weighted by atomic mass is 33.1. The average Bonchev–Trinajstić information content (AvgIpc) is 2.82. The molecule has 0 fully saturated rings. The van der Waals surface area contributed by atoms with E-state index in [9.17, 15) is 9.59 Å². The molecule has 0 bridgehead atoms. The lowest BCUT2D eigenvalue weighted by atomic mass is 10.1. The Morgan fingerprint density at radius 1 is 1.09 bits per heavy atom. The van der Waals surface area contributed by atoms with Crippen molar-refractivity contribution in [3.8, 4) is 12.0 Å². The molecular weight excluding hydrogens is 458 g/mol. The van der Waals surface area contributed by atoms with Crippen molar-refractivity contribution in [1.82, 2.24) is 16.0 Å². The maximum Gasteiger partial charge on any atom is 0.257 e. The van der Waals surface area contributed by atoms with E-state index in [0.29, 0.717) is 25.3 Å². The van der Waals surface area contributed by atoms with Crippen LogP contribution < -0.4 is 16.0 Å². The zero-order valence-corrected chi connectivity index (χ0v) is 22.3. The van der Waals surface area contributed by atoms with Gasteiger partial charge in [-0.3, -0.25) is 14.9 Å². The Kier molecular flexibility index (Phi) is 19.8. The summed E-state index contributed by atoms with van der Waals surface area (Å²) in [5.41, 5.74) is 1.38. The van der Waals surface area contributed by atoms with Crippen LogP contribution in [0.2, 0.25) is 0 Å². The fourth-order valence-corrected chi connectivity index (χ4v) is 3.89. The second-order valence-electron chi connectivity index (χ2n) is 6.72. The Hall–Kier alpha value is -1.70. The Morgan fingerprint density at radius 3 is 2.39 bits per heavy atom. The number of rotatable bonds is 14. The van der Waals surface area contributed by atoms with Crippen LogP contribution in [0.25, 0.3) is 0 Å². The predicted molar refractivity (Wildman–Crippen MR) is 140 cm³/mol. The standard InChI is InChI=1S/C22H33N3O4S2.C2H6/c1-5-23-12-13-25-21(27)18-6-8-19(9-7-18)22(31-30-4)29-15-14-28-16-20(26)24-11-10-17(2)3;1-2/h6-9,17,22-23H,5,12-16H2,1-4H3,(H,24,26)(H,25,27);1-2H3. The molecule has 1 aromatic rings. The van der Waals surface area contributed by atoms with Gasteiger partial charge in [-0.1, -0.05) is 74.3 Å². The van der Waals surface area contributed by atoms with Crippen molar-refractivity contribution in [2.45, 2.75) is 40.1 Å². The van der Waals surface area contributed by atoms with Crippen molar-refractivity contribution in [2.75, 3.05) is 45.7 Å². The molecule has 3 N–H and O–H groups in total. The van der Waals surface area contributed by atoms with Gasteiger partial charge in [0.1, 0.15) is 12.0 Å². The molecule has 0 aliphatic rings. The van der Waals surface area contributed by atoms with Gasteiger partial charge in [-0.05, 0) is 30.5 Å². The smallest absolute Gasteiger partial charge is 0.257 e. The first kappa shape index (κ1) is 31.3. The lowest BCUT2D eigenvalue weighted by Crippen LogP contribution is -2.31. The van der Waals surface area contributed by atoms with Crippen LogP contribution in [-0.2, 0) is 14.3 Å². The highest BCUT2D eigenvalue weighted by Gasteiger charge is 2.14. The molecule has 7 nitrogen and oxygen atoms in total. The van der Waals surface area contributed by atoms with E-state index < -0.39 is 0 Å². The molecule has 9 heteroatoms. The average molecular weight is 498 g/mol. The van der Waals surface area contributed by atoms with Crippen LogP contribution in [0, 0.1) is 17.9 Å². The summed E-state index contributed by atoms with van der Waals surface area (Å²) in [6.45, 7) is 12.7. The van der Waals surface area contributed by atoms with Crippen molar-refractivity contribution in [3.05, 3.63) is 35.4 Å². The third-order valence-electron chi connectivity index (χ3n) is 3.76. The molecule has 0 radical (unpaired) electrons. The molecule has 33 heavy (non-hydrogen) atoms. The highest BCUT2D eigenvalue weighted by Crippen LogP contribution is 2.37. The van der Waals surface area contributed by atoms with Gasteiger partial charge in [0.05, 0.1) is 13.2 Å². The van der Waals surface area contributed by atoms with Gasteiger partial charge in [0.25, 0.3) is 11.8 Å². The predicted octanol–water partition coefficient (Wildman–Crippen LogP) is 3.83. The van der Waals surface area contributed by atoms with E-state index in [2.05, 4.69) is 27.9 Å². The molecule has 1 atom stereocenters. The molecule has 0 spiro atoms. The summed E-state index contributed by atoms with van der Waals surface area (Å²) >= 11 is 0. The van der Waals surface area contributed by atoms with E-state index in [1.54, 1.807) is 33.7 Å². The Bertz CT molecular complexity index is 719. The number of benzene rings is 1. The van der Waals surface area contributed by atoms with Crippen LogP contribution in [-0.4, -0.2) is 57.5 Å². The van der Waals surface area contributed by atoms with Gasteiger partial charge >= 0.3 is 0 Å². The summed E-state index contributed by atoms with van der Waals surface area (Å²) in [5.74, 6) is 2.69. The van der Waals surface area contributed by atoms with E-state index in [4.69, 9.17) is 9.47 Å². The summed E-state index contributed by atoms with van der Waals surface area (Å²) in [4.78, 5) is 23.8. The number of hydrogen-bond donors (Lipinski definition) is 3. The SMILES string of the molecule is CC.CCNCCNC(=O)c1ccc(C(OCCOCC(=O)NC#CC(C)C)SSC)cc1. The van der Waals surface area contributed by atoms with E-state index >= 15 is 0 Å². The fourth-order valence-electron chi connectivity index (χ4n) is 2.27. The summed E-state index contributed by atoms with van der Waals surface area (Å²) in [5, 5.41) is 8.53. The first-order valence-electron chi connectivity index (χ1n) is 11.2. The number of nitrogens with one attached hydrogen (secondary N) is 3. The molecular formula is C24H39N3O4S2. The molecule has 1 unspecified atom stereocenters. The first-order valence-corrected chi connectivity index (χ1v) is 13.9. The Balaban J connectivity index is 0.00000497. The van der Waals surface area contributed by atoms with Gasteiger partial charge in [-0.15, -0.1) is 0 Å². The molecule has 1 aromatic carbocycles. The zero-order chi connectivity index (χ0) is 24.9. The molecule has 0 aliphatic heterocycles. The first-order chi connectivity index (χ1) is 16.0. The van der Waals surface area contributed by atoms with Gasteiger partial charge < -0.3 is 20.1 Å². The van der Waals surface area contributed by atoms with Gasteiger partial charge in [0.2, 0.25) is 0 Å². The van der Waals surface area contributed by atoms with E-state index in [-0.39, 0.29) is 29.8 Å². The number of hydrogen-bond acceptors (Lipinski definition) is 7. The molecule has 0 aromatic heterocycles. The second-order valence-corrected chi connectivity index (χ2v) is 9.25. The number of likely N-dealkylation sites (N-methyl/N-ethyl adjacent to an activating group) is 1. The number of amides is 2. The summed E-state index contributed by atoms with van der Waals surface area (Å²) in [7, 11) is 3.17. The van der Waals surface area contributed by atoms with E-state index in [1.807, 2.05) is 53.0 Å². The minimum Gasteiger partial charge on any atom is -0.369 e. The Labute approximate surface area is 207 Å². The van der Waals surface area contributed by atoms with Gasteiger partial charge in [-0.25, -0.2) is 0 Å². The maximum atomic E-state index is 12.2. The summed E-state index contributed by atoms with van der Waals surface area (Å²) < 4.78 is 11.2. The number of carbonyl (C=O) groups excluding carboxylic acids is 2. The lowest BCUT2D eigenvalue weighted by Gasteiger charge is -2.17. The van der Waals surface area contributed by atoms with Gasteiger partial charge in [0.15, 0.2) is 0 Å². The van der Waals surface area contributed by atoms with Crippen LogP contribution in [0.3, 0.4) is 0 Å². The molecule has 1 rings (SSSR count). The summed E-state index contributed by atoms with van der Waals surface area (Å²) in [6.07, 6.45) is 1.98. The van der Waals surface area contributed by atoms with Gasteiger partial charge in [0, 0.05) is 30.6 Å². The topological polar surface area (TPSA) is 88.7 Å². The van der Waals surface area contributed by atoms with E-state index in [0.717, 1.165) is 18.7 Å². The third-order valence-corrected chi connectivity index (χ3v) is 5.64. The molecule has 2 amide bonds. The van der Waals surface area contributed by atoms with Crippen LogP contribution in [0.5, 0.6) is 0 Å². The minimum absolute atomic E-state index is 0.0615. The largest absolute Gasteiger partial charge is 0.369 e. The molecule has 0 aliphatic carbocycles. The van der Waals surface area contributed by atoms with Crippen molar-refractivity contribution in [3.63, 3.8) is 0 Å². The highest BCUT2D eigenvalue weighted by molar-refractivity contribution is 8.76. The van der Waals surface area contributed by atoms with Crippen LogP contribution in [0.15, 0.2) is 24.3 Å². The molecule has 0 saturated carbocycles. The quantitative estimate of drug-likeness (QED) is 0.118. The van der Waals surface area contributed by atoms with E-state index in [1.165, 1.54) is 0 Å². The minimum atomic E-state index is -0.275. The fraction of sp³-hybridized carbons (Fsp3) is 0.583. The summed E-state index contributed by atoms with van der Waals surface area (Å²) in [6, 6.07) is 10.0. The number of carbonyl (C=O) groups is 2. The molecule has 0 saturated heterocycles. The normalized spacial score (nSPS) is 11.0. The second kappa shape index (κ2) is 20.9. The van der Waals surface area contributed by atoms with Crippen molar-refractivity contribution in [2.24, 2.45) is 5.92 Å². The maximum absolute atomic E-state index is 12.2. The molecule has 186 valence electrons. The Morgan fingerprint density at radius 2 is 1.79 bits per heavy atom. The number of ether oxygens (including phenoxy) is 2. The van der Waals surface area contributed by atoms with Crippen molar-refractivity contribution >= 4 is 33.4 Å². The van der Waals surface area contributed by atoms with Crippen molar-refractivity contribution < 1.29 is 19.1 Å². The van der Waals surface area contributed by atoms with Crippen molar-refractivity contribution in [1.29, 1.82) is 0 Å². The molecule has 0 heterocycles. The lowest BCUT2D eigenvalue weighted by molar-refractivity contribution is -0.125. The monoisotopic (exact) mass is 497 g/mol.